The minimum absolute atomic E-state index is 0.128. The number of rotatable bonds is 8. The predicted octanol–water partition coefficient (Wildman–Crippen LogP) is 2.02. The summed E-state index contributed by atoms with van der Waals surface area (Å²) in [5, 5.41) is 15.4. The number of benzene rings is 2. The van der Waals surface area contributed by atoms with Crippen LogP contribution in [0.1, 0.15) is 16.8 Å². The molecule has 5 rings (SSSR count). The molecular formula is C27H27N5O5. The second-order valence-corrected chi connectivity index (χ2v) is 8.91. The van der Waals surface area contributed by atoms with E-state index in [9.17, 15) is 14.9 Å². The van der Waals surface area contributed by atoms with E-state index in [0.29, 0.717) is 74.8 Å². The Balaban J connectivity index is 1.43. The van der Waals surface area contributed by atoms with Gasteiger partial charge in [-0.2, -0.15) is 10.4 Å². The lowest BCUT2D eigenvalue weighted by molar-refractivity contribution is -0.136. The molecule has 1 fully saturated rings. The van der Waals surface area contributed by atoms with Crippen LogP contribution in [0.3, 0.4) is 0 Å². The van der Waals surface area contributed by atoms with Crippen molar-refractivity contribution in [2.45, 2.75) is 19.4 Å². The zero-order valence-electron chi connectivity index (χ0n) is 20.6. The number of aliphatic imine (C=N–C) groups is 1. The molecule has 0 radical (unpaired) electrons. The number of fused-ring (bicyclic) bond motifs is 2. The molecular weight excluding hydrogens is 474 g/mol. The Morgan fingerprint density at radius 2 is 1.95 bits per heavy atom. The molecule has 3 aromatic rings. The maximum Gasteiger partial charge on any atom is 0.275 e. The summed E-state index contributed by atoms with van der Waals surface area (Å²) in [7, 11) is 1.59. The number of hydrogen-bond donors (Lipinski definition) is 0. The van der Waals surface area contributed by atoms with E-state index >= 15 is 0 Å². The highest BCUT2D eigenvalue weighted by Crippen LogP contribution is 2.34. The topological polar surface area (TPSA) is 119 Å². The van der Waals surface area contributed by atoms with Crippen LogP contribution in [0, 0.1) is 11.3 Å². The third kappa shape index (κ3) is 5.23. The summed E-state index contributed by atoms with van der Waals surface area (Å²) in [6, 6.07) is 13.1. The van der Waals surface area contributed by atoms with Crippen molar-refractivity contribution < 1.29 is 19.0 Å². The first-order valence-corrected chi connectivity index (χ1v) is 12.2. The summed E-state index contributed by atoms with van der Waals surface area (Å²) in [5.74, 6) is 0.317. The van der Waals surface area contributed by atoms with Gasteiger partial charge in [-0.3, -0.25) is 14.6 Å². The highest BCUT2D eigenvalue weighted by Gasteiger charge is 2.22. The Morgan fingerprint density at radius 3 is 2.70 bits per heavy atom. The highest BCUT2D eigenvalue weighted by atomic mass is 16.5. The van der Waals surface area contributed by atoms with Gasteiger partial charge in [0, 0.05) is 50.2 Å². The number of carbonyl (C=O) groups is 1. The van der Waals surface area contributed by atoms with E-state index in [0.717, 1.165) is 22.3 Å². The van der Waals surface area contributed by atoms with Gasteiger partial charge in [0.1, 0.15) is 25.0 Å². The molecule has 0 N–H and O–H groups in total. The minimum atomic E-state index is -0.297. The van der Waals surface area contributed by atoms with Gasteiger partial charge in [0.2, 0.25) is 5.91 Å². The lowest BCUT2D eigenvalue weighted by Crippen LogP contribution is -2.44. The van der Waals surface area contributed by atoms with E-state index in [-0.39, 0.29) is 18.0 Å². The van der Waals surface area contributed by atoms with Crippen molar-refractivity contribution in [1.82, 2.24) is 14.7 Å². The second kappa shape index (κ2) is 10.9. The van der Waals surface area contributed by atoms with Crippen molar-refractivity contribution >= 4 is 28.1 Å². The molecule has 1 aromatic heterocycles. The van der Waals surface area contributed by atoms with Crippen molar-refractivity contribution in [2.24, 2.45) is 4.99 Å². The molecule has 0 atom stereocenters. The Bertz CT molecular complexity index is 1470. The van der Waals surface area contributed by atoms with Crippen molar-refractivity contribution in [3.05, 3.63) is 63.6 Å². The summed E-state index contributed by atoms with van der Waals surface area (Å²) >= 11 is 0. The van der Waals surface area contributed by atoms with E-state index in [2.05, 4.69) is 11.2 Å². The number of nitrogens with zero attached hydrogens (tertiary/aromatic N) is 5. The first-order chi connectivity index (χ1) is 18.1. The van der Waals surface area contributed by atoms with Gasteiger partial charge in [0.25, 0.3) is 5.56 Å². The Hall–Kier alpha value is -4.07. The van der Waals surface area contributed by atoms with E-state index in [4.69, 9.17) is 19.2 Å². The summed E-state index contributed by atoms with van der Waals surface area (Å²) in [6.07, 6.45) is 0.965. The Labute approximate surface area is 213 Å². The van der Waals surface area contributed by atoms with Gasteiger partial charge in [0.05, 0.1) is 42.2 Å². The van der Waals surface area contributed by atoms with Crippen LogP contribution in [0.5, 0.6) is 5.75 Å². The van der Waals surface area contributed by atoms with Crippen LogP contribution >= 0.6 is 0 Å². The monoisotopic (exact) mass is 501 g/mol. The molecule has 0 bridgehead atoms. The van der Waals surface area contributed by atoms with E-state index in [1.165, 1.54) is 4.68 Å². The summed E-state index contributed by atoms with van der Waals surface area (Å²) < 4.78 is 17.3. The zero-order valence-corrected chi connectivity index (χ0v) is 20.6. The number of hydrogen-bond acceptors (Lipinski definition) is 8. The molecule has 2 aliphatic heterocycles. The average Bonchev–Trinajstić information content (AvgIpc) is 3.32. The molecule has 0 unspecified atom stereocenters. The van der Waals surface area contributed by atoms with Crippen LogP contribution < -0.4 is 10.3 Å². The van der Waals surface area contributed by atoms with Gasteiger partial charge in [-0.25, -0.2) is 4.68 Å². The number of amides is 1. The zero-order chi connectivity index (χ0) is 25.8. The van der Waals surface area contributed by atoms with E-state index in [1.807, 2.05) is 12.1 Å². The molecule has 0 spiro atoms. The maximum atomic E-state index is 13.2. The van der Waals surface area contributed by atoms with Crippen molar-refractivity contribution in [3.8, 4) is 11.8 Å². The minimum Gasteiger partial charge on any atom is -0.490 e. The lowest BCUT2D eigenvalue weighted by atomic mass is 10.0. The fourth-order valence-corrected chi connectivity index (χ4v) is 4.61. The number of nitriles is 1. The molecule has 0 saturated carbocycles. The van der Waals surface area contributed by atoms with Gasteiger partial charge in [0.15, 0.2) is 0 Å². The maximum absolute atomic E-state index is 13.2. The fraction of sp³-hybridized carbons (Fsp3) is 0.370. The van der Waals surface area contributed by atoms with Gasteiger partial charge in [-0.1, -0.05) is 18.2 Å². The molecule has 3 heterocycles. The number of ether oxygens (including phenoxy) is 3. The van der Waals surface area contributed by atoms with Crippen LogP contribution in [-0.4, -0.2) is 72.9 Å². The van der Waals surface area contributed by atoms with Crippen LogP contribution in [0.25, 0.3) is 10.8 Å². The number of methoxy groups -OCH3 is 1. The molecule has 2 aromatic carbocycles. The summed E-state index contributed by atoms with van der Waals surface area (Å²) in [5.41, 5.74) is 3.37. The van der Waals surface area contributed by atoms with Crippen molar-refractivity contribution in [2.75, 3.05) is 46.6 Å². The lowest BCUT2D eigenvalue weighted by Gasteiger charge is -2.27. The van der Waals surface area contributed by atoms with Crippen molar-refractivity contribution in [3.63, 3.8) is 0 Å². The van der Waals surface area contributed by atoms with Crippen LogP contribution in [0.2, 0.25) is 0 Å². The number of aromatic nitrogens is 2. The van der Waals surface area contributed by atoms with Crippen LogP contribution in [0.4, 0.5) is 5.69 Å². The highest BCUT2D eigenvalue weighted by molar-refractivity contribution is 5.98. The van der Waals surface area contributed by atoms with E-state index < -0.39 is 0 Å². The molecule has 0 aliphatic carbocycles. The Morgan fingerprint density at radius 1 is 1.16 bits per heavy atom. The van der Waals surface area contributed by atoms with Crippen LogP contribution in [0.15, 0.2) is 46.2 Å². The number of carbonyl (C=O) groups excluding carboxylic acids is 1. The van der Waals surface area contributed by atoms with Crippen molar-refractivity contribution in [1.29, 1.82) is 5.26 Å². The summed E-state index contributed by atoms with van der Waals surface area (Å²) in [6.45, 7) is 2.61. The van der Waals surface area contributed by atoms with Gasteiger partial charge in [-0.05, 0) is 17.7 Å². The molecule has 1 saturated heterocycles. The van der Waals surface area contributed by atoms with Gasteiger partial charge >= 0.3 is 0 Å². The molecule has 10 nitrogen and oxygen atoms in total. The fourth-order valence-electron chi connectivity index (χ4n) is 4.61. The quantitative estimate of drug-likeness (QED) is 0.433. The SMILES string of the molecule is COCCOc1cc2c(cc1C#N)CC(Cc1nn(CC(=O)N3CCOCC3)c(=O)c3ccccc13)=N2. The molecule has 190 valence electrons. The predicted molar refractivity (Wildman–Crippen MR) is 136 cm³/mol. The second-order valence-electron chi connectivity index (χ2n) is 8.91. The normalized spacial score (nSPS) is 14.8. The Kier molecular flexibility index (Phi) is 7.25. The number of morpholine rings is 1. The largest absolute Gasteiger partial charge is 0.490 e. The first-order valence-electron chi connectivity index (χ1n) is 12.2. The summed E-state index contributed by atoms with van der Waals surface area (Å²) in [4.78, 5) is 32.5. The average molecular weight is 502 g/mol. The molecule has 10 heteroatoms. The van der Waals surface area contributed by atoms with Gasteiger partial charge < -0.3 is 19.1 Å². The standard InChI is InChI=1S/C27H27N5O5/c1-35-10-11-37-25-15-23-18(12-19(25)16-28)13-20(29-23)14-24-21-4-2-3-5-22(21)27(34)32(30-24)17-26(33)31-6-8-36-9-7-31/h2-5,12,15H,6-11,13-14,17H2,1H3. The smallest absolute Gasteiger partial charge is 0.275 e. The van der Waals surface area contributed by atoms with Gasteiger partial charge in [-0.15, -0.1) is 0 Å². The third-order valence-corrected chi connectivity index (χ3v) is 6.48. The molecule has 1 amide bonds. The molecule has 37 heavy (non-hydrogen) atoms. The van der Waals surface area contributed by atoms with Crippen LogP contribution in [-0.2, 0) is 33.7 Å². The third-order valence-electron chi connectivity index (χ3n) is 6.48. The van der Waals surface area contributed by atoms with E-state index in [1.54, 1.807) is 36.3 Å². The first kappa shape index (κ1) is 24.6. The molecule has 2 aliphatic rings.